The fourth-order valence-corrected chi connectivity index (χ4v) is 5.68. The number of piperidine rings is 2. The van der Waals surface area contributed by atoms with Crippen molar-refractivity contribution < 1.29 is 9.84 Å². The van der Waals surface area contributed by atoms with Gasteiger partial charge in [0.15, 0.2) is 5.82 Å². The molecule has 3 fully saturated rings. The van der Waals surface area contributed by atoms with Crippen LogP contribution in [0.3, 0.4) is 0 Å². The molecule has 10 heteroatoms. The van der Waals surface area contributed by atoms with Gasteiger partial charge in [-0.05, 0) is 39.0 Å². The van der Waals surface area contributed by atoms with Crippen LogP contribution >= 0.6 is 0 Å². The summed E-state index contributed by atoms with van der Waals surface area (Å²) < 4.78 is 5.55. The Morgan fingerprint density at radius 3 is 2.77 bits per heavy atom. The summed E-state index contributed by atoms with van der Waals surface area (Å²) in [5.74, 6) is 2.16. The highest BCUT2D eigenvalue weighted by molar-refractivity contribution is 5.55. The SMILES string of the molecule is Cc1cc(Nc2cc(OCCO)nc(NC3CC4CC5(CCC#N)CC(C3)N45)n2)n[nH]1. The lowest BCUT2D eigenvalue weighted by atomic mass is 9.57. The van der Waals surface area contributed by atoms with E-state index < -0.39 is 0 Å². The van der Waals surface area contributed by atoms with E-state index in [4.69, 9.17) is 15.1 Å². The Hall–Kier alpha value is -2.90. The third kappa shape index (κ3) is 3.79. The molecule has 2 atom stereocenters. The molecule has 0 aliphatic carbocycles. The molecule has 2 aromatic heterocycles. The molecule has 0 aromatic carbocycles. The number of aliphatic hydroxyl groups is 1. The van der Waals surface area contributed by atoms with Crippen LogP contribution in [0.4, 0.5) is 17.6 Å². The van der Waals surface area contributed by atoms with Crippen LogP contribution < -0.4 is 15.4 Å². The van der Waals surface area contributed by atoms with Gasteiger partial charge in [0.25, 0.3) is 0 Å². The Balaban J connectivity index is 1.27. The van der Waals surface area contributed by atoms with Gasteiger partial charge in [-0.15, -0.1) is 0 Å². The molecule has 31 heavy (non-hydrogen) atoms. The Bertz CT molecular complexity index is 970. The third-order valence-corrected chi connectivity index (χ3v) is 6.72. The topological polar surface area (TPSA) is 135 Å². The van der Waals surface area contributed by atoms with Crippen LogP contribution in [0.25, 0.3) is 0 Å². The van der Waals surface area contributed by atoms with Crippen molar-refractivity contribution in [2.24, 2.45) is 0 Å². The Morgan fingerprint density at radius 2 is 2.10 bits per heavy atom. The lowest BCUT2D eigenvalue weighted by molar-refractivity contribution is -0.222. The van der Waals surface area contributed by atoms with E-state index >= 15 is 0 Å². The molecule has 0 spiro atoms. The van der Waals surface area contributed by atoms with Gasteiger partial charge in [-0.3, -0.25) is 10.00 Å². The summed E-state index contributed by atoms with van der Waals surface area (Å²) in [5, 5.41) is 31.8. The third-order valence-electron chi connectivity index (χ3n) is 6.72. The second kappa shape index (κ2) is 7.98. The second-order valence-electron chi connectivity index (χ2n) is 8.87. The first-order chi connectivity index (χ1) is 15.1. The zero-order valence-electron chi connectivity index (χ0n) is 17.6. The molecule has 4 N–H and O–H groups in total. The van der Waals surface area contributed by atoms with Gasteiger partial charge in [0.2, 0.25) is 11.8 Å². The maximum absolute atomic E-state index is 9.10. The van der Waals surface area contributed by atoms with Crippen LogP contribution in [0.5, 0.6) is 5.88 Å². The molecule has 5 heterocycles. The number of aromatic amines is 1. The minimum absolute atomic E-state index is 0.0799. The normalized spacial score (nSPS) is 28.6. The van der Waals surface area contributed by atoms with Crippen molar-refractivity contribution in [3.05, 3.63) is 17.8 Å². The molecule has 3 aliphatic rings. The maximum Gasteiger partial charge on any atom is 0.228 e. The van der Waals surface area contributed by atoms with Crippen LogP contribution in [0.15, 0.2) is 12.1 Å². The molecule has 2 aromatic rings. The number of rotatable bonds is 9. The molecule has 0 saturated carbocycles. The summed E-state index contributed by atoms with van der Waals surface area (Å²) in [6.07, 6.45) is 6.14. The van der Waals surface area contributed by atoms with Crippen molar-refractivity contribution >= 4 is 17.6 Å². The molecule has 3 saturated heterocycles. The predicted octanol–water partition coefficient (Wildman–Crippen LogP) is 2.09. The first-order valence-electron chi connectivity index (χ1n) is 10.9. The Labute approximate surface area is 181 Å². The molecule has 0 bridgehead atoms. The zero-order chi connectivity index (χ0) is 21.4. The highest BCUT2D eigenvalue weighted by Gasteiger charge is 2.64. The maximum atomic E-state index is 9.10. The van der Waals surface area contributed by atoms with Gasteiger partial charge in [0, 0.05) is 47.9 Å². The Morgan fingerprint density at radius 1 is 1.29 bits per heavy atom. The molecular formula is C21H28N8O2. The van der Waals surface area contributed by atoms with Crippen LogP contribution in [0.1, 0.15) is 44.2 Å². The van der Waals surface area contributed by atoms with E-state index in [1.165, 1.54) is 12.8 Å². The molecule has 10 nitrogen and oxygen atoms in total. The van der Waals surface area contributed by atoms with Crippen molar-refractivity contribution in [3.63, 3.8) is 0 Å². The van der Waals surface area contributed by atoms with E-state index in [-0.39, 0.29) is 13.2 Å². The fraction of sp³-hybridized carbons (Fsp3) is 0.619. The van der Waals surface area contributed by atoms with Gasteiger partial charge >= 0.3 is 0 Å². The standard InChI is InChI=1S/C21H28N8O2/c1-13-7-18(28-27-13)24-17-10-19(31-6-5-30)26-20(25-17)23-14-8-15-11-21(3-2-4-22)12-16(9-14)29(15)21/h7,10,14-16,30H,2-3,5-6,8-9,11-12H2,1H3,(H3,23,24,25,26,27,28). The van der Waals surface area contributed by atoms with Crippen LogP contribution in [-0.2, 0) is 0 Å². The van der Waals surface area contributed by atoms with Crippen molar-refractivity contribution in [3.8, 4) is 11.9 Å². The first kappa shape index (κ1) is 20.0. The zero-order valence-corrected chi connectivity index (χ0v) is 17.6. The van der Waals surface area contributed by atoms with E-state index in [9.17, 15) is 0 Å². The van der Waals surface area contributed by atoms with Crippen LogP contribution in [0.2, 0.25) is 0 Å². The van der Waals surface area contributed by atoms with E-state index in [1.807, 2.05) is 13.0 Å². The molecule has 3 aliphatic heterocycles. The molecule has 0 radical (unpaired) electrons. The molecule has 0 amide bonds. The van der Waals surface area contributed by atoms with E-state index in [0.29, 0.717) is 53.5 Å². The van der Waals surface area contributed by atoms with Crippen LogP contribution in [0, 0.1) is 18.3 Å². The van der Waals surface area contributed by atoms with Crippen molar-refractivity contribution in [1.82, 2.24) is 25.1 Å². The van der Waals surface area contributed by atoms with Crippen molar-refractivity contribution in [1.29, 1.82) is 5.26 Å². The minimum atomic E-state index is -0.0799. The quantitative estimate of drug-likeness (QED) is 0.477. The van der Waals surface area contributed by atoms with Crippen LogP contribution in [-0.4, -0.2) is 67.0 Å². The summed E-state index contributed by atoms with van der Waals surface area (Å²) in [4.78, 5) is 11.8. The highest BCUT2D eigenvalue weighted by atomic mass is 16.5. The summed E-state index contributed by atoms with van der Waals surface area (Å²) in [6.45, 7) is 2.03. The second-order valence-corrected chi connectivity index (χ2v) is 8.87. The lowest BCUT2D eigenvalue weighted by Crippen LogP contribution is -2.81. The largest absolute Gasteiger partial charge is 0.475 e. The summed E-state index contributed by atoms with van der Waals surface area (Å²) in [7, 11) is 0. The molecule has 5 rings (SSSR count). The number of nitriles is 1. The number of aromatic nitrogens is 4. The number of hydrogen-bond donors (Lipinski definition) is 4. The number of hydrogen-bond acceptors (Lipinski definition) is 9. The predicted molar refractivity (Wildman–Crippen MR) is 114 cm³/mol. The van der Waals surface area contributed by atoms with Gasteiger partial charge in [-0.25, -0.2) is 0 Å². The van der Waals surface area contributed by atoms with E-state index in [1.54, 1.807) is 6.07 Å². The monoisotopic (exact) mass is 424 g/mol. The minimum Gasteiger partial charge on any atom is -0.475 e. The average molecular weight is 425 g/mol. The van der Waals surface area contributed by atoms with E-state index in [0.717, 1.165) is 25.0 Å². The Kier molecular flexibility index (Phi) is 5.16. The van der Waals surface area contributed by atoms with Gasteiger partial charge in [0.05, 0.1) is 12.7 Å². The van der Waals surface area contributed by atoms with Crippen molar-refractivity contribution in [2.45, 2.75) is 69.1 Å². The average Bonchev–Trinajstić information content (AvgIpc) is 3.12. The highest BCUT2D eigenvalue weighted by Crippen LogP contribution is 2.58. The van der Waals surface area contributed by atoms with E-state index in [2.05, 4.69) is 41.8 Å². The molecular weight excluding hydrogens is 396 g/mol. The number of ether oxygens (including phenoxy) is 1. The molecule has 164 valence electrons. The summed E-state index contributed by atoms with van der Waals surface area (Å²) in [5.41, 5.74) is 1.26. The number of nitrogens with zero attached hydrogens (tertiary/aromatic N) is 5. The number of aliphatic hydroxyl groups excluding tert-OH is 1. The molecule has 2 unspecified atom stereocenters. The lowest BCUT2D eigenvalue weighted by Gasteiger charge is -2.74. The number of anilines is 3. The van der Waals surface area contributed by atoms with Gasteiger partial charge in [-0.1, -0.05) is 0 Å². The summed E-state index contributed by atoms with van der Waals surface area (Å²) in [6, 6.07) is 7.37. The smallest absolute Gasteiger partial charge is 0.228 e. The first-order valence-corrected chi connectivity index (χ1v) is 10.9. The number of nitrogens with one attached hydrogen (secondary N) is 3. The van der Waals surface area contributed by atoms with Crippen molar-refractivity contribution in [2.75, 3.05) is 23.8 Å². The number of H-pyrrole nitrogens is 1. The van der Waals surface area contributed by atoms with Gasteiger partial charge < -0.3 is 20.5 Å². The van der Waals surface area contributed by atoms with Gasteiger partial charge in [-0.2, -0.15) is 20.3 Å². The number of aryl methyl sites for hydroxylation is 1. The summed E-state index contributed by atoms with van der Waals surface area (Å²) >= 11 is 0. The fourth-order valence-electron chi connectivity index (χ4n) is 5.68. The van der Waals surface area contributed by atoms with Gasteiger partial charge in [0.1, 0.15) is 12.4 Å².